The van der Waals surface area contributed by atoms with Crippen LogP contribution in [0.15, 0.2) is 22.7 Å². The topological polar surface area (TPSA) is 29.1 Å². The molecular formula is C13H14BrNO. The molecule has 16 heavy (non-hydrogen) atoms. The molecule has 1 aromatic carbocycles. The molecule has 0 radical (unpaired) electrons. The van der Waals surface area contributed by atoms with Crippen molar-refractivity contribution >= 4 is 21.8 Å². The van der Waals surface area contributed by atoms with Crippen molar-refractivity contribution in [2.24, 2.45) is 0 Å². The van der Waals surface area contributed by atoms with Crippen molar-refractivity contribution in [2.75, 3.05) is 6.54 Å². The summed E-state index contributed by atoms with van der Waals surface area (Å²) in [7, 11) is 0. The zero-order valence-corrected chi connectivity index (χ0v) is 10.8. The van der Waals surface area contributed by atoms with Crippen LogP contribution in [0.25, 0.3) is 0 Å². The summed E-state index contributed by atoms with van der Waals surface area (Å²) in [6.45, 7) is 2.54. The number of hydrogen-bond donors (Lipinski definition) is 1. The van der Waals surface area contributed by atoms with E-state index in [2.05, 4.69) is 27.2 Å². The maximum atomic E-state index is 11.8. The summed E-state index contributed by atoms with van der Waals surface area (Å²) in [4.78, 5) is 11.8. The number of aryl methyl sites for hydroxylation is 1. The molecule has 0 aliphatic carbocycles. The first-order chi connectivity index (χ1) is 7.65. The summed E-state index contributed by atoms with van der Waals surface area (Å²) < 4.78 is 0.909. The molecule has 0 heterocycles. The minimum Gasteiger partial charge on any atom is -0.352 e. The standard InChI is InChI=1S/C13H14BrNO/c1-3-4-5-8-15-13(16)12-9-11(14)7-6-10(12)2/h1,6-7,9H,4-5,8H2,2H3,(H,15,16). The van der Waals surface area contributed by atoms with Crippen LogP contribution in [0.5, 0.6) is 0 Å². The summed E-state index contributed by atoms with van der Waals surface area (Å²) in [5.41, 5.74) is 1.67. The zero-order chi connectivity index (χ0) is 12.0. The third kappa shape index (κ3) is 3.71. The van der Waals surface area contributed by atoms with E-state index in [4.69, 9.17) is 6.42 Å². The van der Waals surface area contributed by atoms with Crippen LogP contribution in [-0.4, -0.2) is 12.5 Å². The second-order valence-electron chi connectivity index (χ2n) is 3.52. The molecule has 3 heteroatoms. The molecule has 84 valence electrons. The fourth-order valence-corrected chi connectivity index (χ4v) is 1.69. The van der Waals surface area contributed by atoms with Crippen LogP contribution >= 0.6 is 15.9 Å². The van der Waals surface area contributed by atoms with Gasteiger partial charge < -0.3 is 5.32 Å². The Hall–Kier alpha value is -1.27. The number of carbonyl (C=O) groups excluding carboxylic acids is 1. The molecule has 0 aliphatic rings. The second kappa shape index (κ2) is 6.34. The van der Waals surface area contributed by atoms with Crippen molar-refractivity contribution in [3.05, 3.63) is 33.8 Å². The summed E-state index contributed by atoms with van der Waals surface area (Å²) in [6, 6.07) is 5.66. The Morgan fingerprint density at radius 2 is 2.31 bits per heavy atom. The third-order valence-electron chi connectivity index (χ3n) is 2.23. The van der Waals surface area contributed by atoms with Crippen LogP contribution in [0.3, 0.4) is 0 Å². The van der Waals surface area contributed by atoms with Gasteiger partial charge in [0.1, 0.15) is 0 Å². The molecule has 1 aromatic rings. The maximum absolute atomic E-state index is 11.8. The van der Waals surface area contributed by atoms with Crippen LogP contribution in [0.4, 0.5) is 0 Å². The highest BCUT2D eigenvalue weighted by molar-refractivity contribution is 9.10. The molecule has 0 saturated carbocycles. The van der Waals surface area contributed by atoms with Crippen molar-refractivity contribution in [3.63, 3.8) is 0 Å². The number of rotatable bonds is 4. The summed E-state index contributed by atoms with van der Waals surface area (Å²) in [5.74, 6) is 2.50. The van der Waals surface area contributed by atoms with Crippen molar-refractivity contribution in [1.82, 2.24) is 5.32 Å². The highest BCUT2D eigenvalue weighted by Gasteiger charge is 2.08. The molecule has 1 N–H and O–H groups in total. The van der Waals surface area contributed by atoms with Gasteiger partial charge in [-0.2, -0.15) is 0 Å². The summed E-state index contributed by atoms with van der Waals surface area (Å²) in [6.07, 6.45) is 6.64. The number of halogens is 1. The van der Waals surface area contributed by atoms with Gasteiger partial charge in [-0.25, -0.2) is 0 Å². The van der Waals surface area contributed by atoms with Crippen LogP contribution in [0.1, 0.15) is 28.8 Å². The lowest BCUT2D eigenvalue weighted by Crippen LogP contribution is -2.25. The van der Waals surface area contributed by atoms with Gasteiger partial charge in [0, 0.05) is 23.0 Å². The SMILES string of the molecule is C#CCCCNC(=O)c1cc(Br)ccc1C. The van der Waals surface area contributed by atoms with Crippen LogP contribution in [-0.2, 0) is 0 Å². The molecule has 0 aliphatic heterocycles. The Kier molecular flexibility index (Phi) is 5.07. The number of amides is 1. The number of benzene rings is 1. The second-order valence-corrected chi connectivity index (χ2v) is 4.44. The highest BCUT2D eigenvalue weighted by Crippen LogP contribution is 2.15. The Bertz CT molecular complexity index is 420. The van der Waals surface area contributed by atoms with E-state index in [1.54, 1.807) is 0 Å². The first-order valence-electron chi connectivity index (χ1n) is 5.13. The predicted molar refractivity (Wildman–Crippen MR) is 69.3 cm³/mol. The summed E-state index contributed by atoms with van der Waals surface area (Å²) >= 11 is 3.35. The van der Waals surface area contributed by atoms with Gasteiger partial charge in [0.2, 0.25) is 0 Å². The van der Waals surface area contributed by atoms with Crippen molar-refractivity contribution in [2.45, 2.75) is 19.8 Å². The highest BCUT2D eigenvalue weighted by atomic mass is 79.9. The van der Waals surface area contributed by atoms with E-state index in [-0.39, 0.29) is 5.91 Å². The van der Waals surface area contributed by atoms with Gasteiger partial charge in [-0.15, -0.1) is 12.3 Å². The Labute approximate surface area is 105 Å². The summed E-state index contributed by atoms with van der Waals surface area (Å²) in [5, 5.41) is 2.85. The Morgan fingerprint density at radius 1 is 1.56 bits per heavy atom. The van der Waals surface area contributed by atoms with Crippen LogP contribution in [0, 0.1) is 19.3 Å². The van der Waals surface area contributed by atoms with Crippen LogP contribution < -0.4 is 5.32 Å². The smallest absolute Gasteiger partial charge is 0.251 e. The first kappa shape index (κ1) is 12.8. The molecule has 0 atom stereocenters. The predicted octanol–water partition coefficient (Wildman–Crippen LogP) is 2.90. The maximum Gasteiger partial charge on any atom is 0.251 e. The van der Waals surface area contributed by atoms with Gasteiger partial charge in [0.25, 0.3) is 5.91 Å². The average Bonchev–Trinajstić information content (AvgIpc) is 2.27. The monoisotopic (exact) mass is 279 g/mol. The van der Waals surface area contributed by atoms with E-state index in [9.17, 15) is 4.79 Å². The van der Waals surface area contributed by atoms with Crippen molar-refractivity contribution in [1.29, 1.82) is 0 Å². The number of nitrogens with one attached hydrogen (secondary N) is 1. The minimum absolute atomic E-state index is 0.0455. The van der Waals surface area contributed by atoms with Gasteiger partial charge >= 0.3 is 0 Å². The number of terminal acetylenes is 1. The fourth-order valence-electron chi connectivity index (χ4n) is 1.33. The van der Waals surface area contributed by atoms with Gasteiger partial charge in [0.15, 0.2) is 0 Å². The van der Waals surface area contributed by atoms with Crippen LogP contribution in [0.2, 0.25) is 0 Å². The number of hydrogen-bond acceptors (Lipinski definition) is 1. The molecule has 0 spiro atoms. The van der Waals surface area contributed by atoms with E-state index in [0.29, 0.717) is 18.5 Å². The van der Waals surface area contributed by atoms with Crippen molar-refractivity contribution < 1.29 is 4.79 Å². The first-order valence-corrected chi connectivity index (χ1v) is 5.92. The zero-order valence-electron chi connectivity index (χ0n) is 9.22. The third-order valence-corrected chi connectivity index (χ3v) is 2.72. The number of unbranched alkanes of at least 4 members (excludes halogenated alkanes) is 1. The van der Waals surface area contributed by atoms with Gasteiger partial charge in [0.05, 0.1) is 0 Å². The average molecular weight is 280 g/mol. The fraction of sp³-hybridized carbons (Fsp3) is 0.308. The van der Waals surface area contributed by atoms with E-state index in [1.165, 1.54) is 0 Å². The quantitative estimate of drug-likeness (QED) is 0.667. The lowest BCUT2D eigenvalue weighted by molar-refractivity contribution is 0.0952. The van der Waals surface area contributed by atoms with E-state index in [1.807, 2.05) is 25.1 Å². The van der Waals surface area contributed by atoms with E-state index >= 15 is 0 Å². The van der Waals surface area contributed by atoms with Gasteiger partial charge in [-0.05, 0) is 31.0 Å². The lowest BCUT2D eigenvalue weighted by atomic mass is 10.1. The van der Waals surface area contributed by atoms with Gasteiger partial charge in [-0.1, -0.05) is 22.0 Å². The lowest BCUT2D eigenvalue weighted by Gasteiger charge is -2.07. The Balaban J connectivity index is 2.59. The molecule has 0 aromatic heterocycles. The minimum atomic E-state index is -0.0455. The molecule has 1 amide bonds. The van der Waals surface area contributed by atoms with Crippen molar-refractivity contribution in [3.8, 4) is 12.3 Å². The molecule has 0 fully saturated rings. The normalized spacial score (nSPS) is 9.56. The molecule has 1 rings (SSSR count). The molecular weight excluding hydrogens is 266 g/mol. The van der Waals surface area contributed by atoms with Gasteiger partial charge in [-0.3, -0.25) is 4.79 Å². The molecule has 0 unspecified atom stereocenters. The van der Waals surface area contributed by atoms with E-state index < -0.39 is 0 Å². The molecule has 0 bridgehead atoms. The Morgan fingerprint density at radius 3 is 3.00 bits per heavy atom. The molecule has 0 saturated heterocycles. The number of carbonyl (C=O) groups is 1. The largest absolute Gasteiger partial charge is 0.352 e. The molecule has 2 nitrogen and oxygen atoms in total. The van der Waals surface area contributed by atoms with E-state index in [0.717, 1.165) is 16.5 Å².